The summed E-state index contributed by atoms with van der Waals surface area (Å²) in [5.74, 6) is 5.34. The van der Waals surface area contributed by atoms with Gasteiger partial charge >= 0.3 is 6.18 Å². The van der Waals surface area contributed by atoms with E-state index in [2.05, 4.69) is 5.43 Å². The van der Waals surface area contributed by atoms with E-state index in [1.54, 1.807) is 4.90 Å². The number of nitrogens with two attached hydrogens (primary N) is 1. The van der Waals surface area contributed by atoms with Crippen LogP contribution in [0.1, 0.15) is 35.7 Å². The average Bonchev–Trinajstić information content (AvgIpc) is 3.26. The fourth-order valence-corrected chi connectivity index (χ4v) is 2.16. The molecule has 0 heterocycles. The molecule has 0 atom stereocenters. The Balaban J connectivity index is 2.32. The van der Waals surface area contributed by atoms with Gasteiger partial charge in [0.25, 0.3) is 5.91 Å². The van der Waals surface area contributed by atoms with Crippen LogP contribution in [-0.2, 0) is 6.18 Å². The van der Waals surface area contributed by atoms with Gasteiger partial charge in [0.05, 0.1) is 16.8 Å². The maximum Gasteiger partial charge on any atom is 0.416 e. The Kier molecular flexibility index (Phi) is 4.41. The number of nitrogens with zero attached hydrogens (tertiary/aromatic N) is 1. The number of nitrogens with one attached hydrogen (secondary N) is 1. The van der Waals surface area contributed by atoms with E-state index in [0.29, 0.717) is 19.0 Å². The third kappa shape index (κ3) is 3.66. The van der Waals surface area contributed by atoms with E-state index >= 15 is 0 Å². The van der Waals surface area contributed by atoms with Crippen molar-refractivity contribution in [1.29, 1.82) is 0 Å². The van der Waals surface area contributed by atoms with Gasteiger partial charge < -0.3 is 10.3 Å². The molecular weight excluding hydrogens is 283 g/mol. The largest absolute Gasteiger partial charge is 0.416 e. The van der Waals surface area contributed by atoms with Crippen molar-refractivity contribution < 1.29 is 18.0 Å². The van der Waals surface area contributed by atoms with E-state index in [-0.39, 0.29) is 11.3 Å². The van der Waals surface area contributed by atoms with Gasteiger partial charge in [-0.15, -0.1) is 0 Å². The van der Waals surface area contributed by atoms with Crippen molar-refractivity contribution in [2.24, 2.45) is 11.8 Å². The molecular formula is C14H18F3N3O. The number of anilines is 1. The van der Waals surface area contributed by atoms with Crippen molar-refractivity contribution in [3.05, 3.63) is 29.3 Å². The van der Waals surface area contributed by atoms with E-state index in [1.165, 1.54) is 6.07 Å². The van der Waals surface area contributed by atoms with Crippen LogP contribution in [0.3, 0.4) is 0 Å². The number of carbonyl (C=O) groups is 1. The molecule has 4 nitrogen and oxygen atoms in total. The second kappa shape index (κ2) is 5.93. The maximum atomic E-state index is 12.8. The molecule has 0 spiro atoms. The Morgan fingerprint density at radius 2 is 2.10 bits per heavy atom. The first kappa shape index (κ1) is 15.6. The van der Waals surface area contributed by atoms with E-state index in [0.717, 1.165) is 25.0 Å². The van der Waals surface area contributed by atoms with Gasteiger partial charge in [0.15, 0.2) is 0 Å². The predicted molar refractivity (Wildman–Crippen MR) is 73.6 cm³/mol. The summed E-state index contributed by atoms with van der Waals surface area (Å²) in [6, 6.07) is 2.94. The van der Waals surface area contributed by atoms with E-state index in [1.807, 2.05) is 6.92 Å². The first-order chi connectivity index (χ1) is 9.86. The minimum absolute atomic E-state index is 0.0465. The number of nitrogen functional groups attached to an aromatic ring is 1. The van der Waals surface area contributed by atoms with Gasteiger partial charge in [-0.1, -0.05) is 0 Å². The fraction of sp³-hybridized carbons (Fsp3) is 0.500. The van der Waals surface area contributed by atoms with E-state index in [9.17, 15) is 18.0 Å². The summed E-state index contributed by atoms with van der Waals surface area (Å²) < 4.78 is 38.4. The van der Waals surface area contributed by atoms with Crippen LogP contribution in [0.5, 0.6) is 0 Å². The molecule has 0 unspecified atom stereocenters. The number of hydrazine groups is 1. The topological polar surface area (TPSA) is 58.4 Å². The van der Waals surface area contributed by atoms with E-state index in [4.69, 9.17) is 5.84 Å². The van der Waals surface area contributed by atoms with Crippen LogP contribution in [0, 0.1) is 5.92 Å². The molecule has 1 aromatic carbocycles. The number of carbonyl (C=O) groups excluding carboxylic acids is 1. The molecule has 0 aromatic heterocycles. The summed E-state index contributed by atoms with van der Waals surface area (Å²) in [5, 5.41) is 0. The lowest BCUT2D eigenvalue weighted by atomic mass is 10.1. The predicted octanol–water partition coefficient (Wildman–Crippen LogP) is 2.86. The zero-order valence-corrected chi connectivity index (χ0v) is 11.7. The number of halogens is 3. The number of alkyl halides is 3. The summed E-state index contributed by atoms with van der Waals surface area (Å²) in [6.45, 7) is 2.84. The molecule has 0 aliphatic heterocycles. The molecule has 1 amide bonds. The van der Waals surface area contributed by atoms with Crippen LogP contribution < -0.4 is 11.3 Å². The minimum atomic E-state index is -4.49. The van der Waals surface area contributed by atoms with Gasteiger partial charge in [0.2, 0.25) is 0 Å². The quantitative estimate of drug-likeness (QED) is 0.649. The van der Waals surface area contributed by atoms with Crippen LogP contribution in [0.4, 0.5) is 18.9 Å². The molecule has 7 heteroatoms. The molecule has 1 saturated carbocycles. The molecule has 21 heavy (non-hydrogen) atoms. The van der Waals surface area contributed by atoms with Gasteiger partial charge in [-0.2, -0.15) is 13.2 Å². The Morgan fingerprint density at radius 3 is 2.57 bits per heavy atom. The van der Waals surface area contributed by atoms with Gasteiger partial charge in [-0.3, -0.25) is 10.6 Å². The second-order valence-corrected chi connectivity index (χ2v) is 5.19. The van der Waals surface area contributed by atoms with Crippen LogP contribution in [0.25, 0.3) is 0 Å². The lowest BCUT2D eigenvalue weighted by molar-refractivity contribution is -0.137. The number of rotatable bonds is 5. The van der Waals surface area contributed by atoms with Crippen LogP contribution in [0.15, 0.2) is 18.2 Å². The third-order valence-corrected chi connectivity index (χ3v) is 3.58. The lowest BCUT2D eigenvalue weighted by Crippen LogP contribution is -2.33. The number of amides is 1. The molecule has 1 aliphatic rings. The van der Waals surface area contributed by atoms with Crippen LogP contribution in [0.2, 0.25) is 0 Å². The van der Waals surface area contributed by atoms with Crippen molar-refractivity contribution in [1.82, 2.24) is 4.90 Å². The molecule has 2 rings (SSSR count). The Bertz CT molecular complexity index is 527. The first-order valence-electron chi connectivity index (χ1n) is 6.84. The number of benzene rings is 1. The smallest absolute Gasteiger partial charge is 0.339 e. The highest BCUT2D eigenvalue weighted by Gasteiger charge is 2.33. The summed E-state index contributed by atoms with van der Waals surface area (Å²) in [7, 11) is 0. The van der Waals surface area contributed by atoms with E-state index < -0.39 is 17.6 Å². The highest BCUT2D eigenvalue weighted by molar-refractivity contribution is 5.99. The highest BCUT2D eigenvalue weighted by atomic mass is 19.4. The van der Waals surface area contributed by atoms with Gasteiger partial charge in [0.1, 0.15) is 0 Å². The maximum absolute atomic E-state index is 12.8. The fourth-order valence-electron chi connectivity index (χ4n) is 2.16. The molecule has 3 N–H and O–H groups in total. The van der Waals surface area contributed by atoms with Crippen LogP contribution in [-0.4, -0.2) is 23.9 Å². The number of hydrogen-bond donors (Lipinski definition) is 2. The lowest BCUT2D eigenvalue weighted by Gasteiger charge is -2.22. The number of hydrogen-bond acceptors (Lipinski definition) is 3. The summed E-state index contributed by atoms with van der Waals surface area (Å²) in [6.07, 6.45) is -2.36. The van der Waals surface area contributed by atoms with Crippen molar-refractivity contribution in [2.45, 2.75) is 25.9 Å². The Morgan fingerprint density at radius 1 is 1.43 bits per heavy atom. The molecule has 1 fully saturated rings. The standard InChI is InChI=1S/C14H18F3N3O/c1-2-20(8-9-3-4-9)13(21)11-7-10(14(15,16)17)5-6-12(11)19-18/h5-7,9,19H,2-4,8,18H2,1H3. The van der Waals surface area contributed by atoms with Gasteiger partial charge in [-0.05, 0) is 43.9 Å². The summed E-state index contributed by atoms with van der Waals surface area (Å²) in [5.41, 5.74) is 1.58. The van der Waals surface area contributed by atoms with Crippen LogP contribution >= 0.6 is 0 Å². The van der Waals surface area contributed by atoms with Crippen molar-refractivity contribution in [3.63, 3.8) is 0 Å². The average molecular weight is 301 g/mol. The molecule has 0 radical (unpaired) electrons. The molecule has 1 aliphatic carbocycles. The summed E-state index contributed by atoms with van der Waals surface area (Å²) >= 11 is 0. The third-order valence-electron chi connectivity index (χ3n) is 3.58. The second-order valence-electron chi connectivity index (χ2n) is 5.19. The van der Waals surface area contributed by atoms with Gasteiger partial charge in [-0.25, -0.2) is 0 Å². The van der Waals surface area contributed by atoms with Crippen molar-refractivity contribution in [3.8, 4) is 0 Å². The highest BCUT2D eigenvalue weighted by Crippen LogP contribution is 2.33. The molecule has 116 valence electrons. The zero-order valence-electron chi connectivity index (χ0n) is 11.7. The summed E-state index contributed by atoms with van der Waals surface area (Å²) in [4.78, 5) is 14.0. The Hall–Kier alpha value is -1.76. The monoisotopic (exact) mass is 301 g/mol. The van der Waals surface area contributed by atoms with Crippen molar-refractivity contribution in [2.75, 3.05) is 18.5 Å². The molecule has 1 aromatic rings. The molecule has 0 saturated heterocycles. The zero-order chi connectivity index (χ0) is 15.6. The first-order valence-corrected chi connectivity index (χ1v) is 6.84. The minimum Gasteiger partial charge on any atom is -0.339 e. The van der Waals surface area contributed by atoms with Gasteiger partial charge in [0, 0.05) is 13.1 Å². The SMILES string of the molecule is CCN(CC1CC1)C(=O)c1cc(C(F)(F)F)ccc1NN. The molecule has 0 bridgehead atoms. The van der Waals surface area contributed by atoms with Crippen molar-refractivity contribution >= 4 is 11.6 Å². The normalized spacial score (nSPS) is 14.9. The Labute approximate surface area is 121 Å².